The van der Waals surface area contributed by atoms with Crippen LogP contribution in [-0.4, -0.2) is 17.9 Å². The Balaban J connectivity index is 1.84. The van der Waals surface area contributed by atoms with Gasteiger partial charge >= 0.3 is 0 Å². The molecule has 0 aliphatic rings. The molecular formula is C17H18N2O3. The highest BCUT2D eigenvalue weighted by atomic mass is 16.5. The van der Waals surface area contributed by atoms with Crippen molar-refractivity contribution in [3.05, 3.63) is 65.7 Å². The minimum Gasteiger partial charge on any atom is -0.481 e. The number of para-hydroxylation sites is 1. The third kappa shape index (κ3) is 4.34. The fraction of sp³-hybridized carbons (Fsp3) is 0.176. The summed E-state index contributed by atoms with van der Waals surface area (Å²) >= 11 is 0. The summed E-state index contributed by atoms with van der Waals surface area (Å²) in [5, 5.41) is 0. The molecule has 0 spiro atoms. The third-order valence-corrected chi connectivity index (χ3v) is 3.04. The zero-order valence-corrected chi connectivity index (χ0v) is 12.5. The molecule has 0 saturated carbocycles. The van der Waals surface area contributed by atoms with Crippen LogP contribution in [0.1, 0.15) is 22.8 Å². The van der Waals surface area contributed by atoms with Crippen LogP contribution < -0.4 is 15.6 Å². The Morgan fingerprint density at radius 3 is 2.23 bits per heavy atom. The van der Waals surface area contributed by atoms with E-state index in [1.165, 1.54) is 0 Å². The Kier molecular flexibility index (Phi) is 5.14. The van der Waals surface area contributed by atoms with Gasteiger partial charge in [-0.25, -0.2) is 0 Å². The van der Waals surface area contributed by atoms with Crippen LogP contribution in [0.2, 0.25) is 0 Å². The SMILES string of the molecule is Cc1ccc(C(=O)NNC(=O)[C@@H](C)Oc2ccccc2)cc1. The van der Waals surface area contributed by atoms with Crippen LogP contribution >= 0.6 is 0 Å². The van der Waals surface area contributed by atoms with E-state index in [4.69, 9.17) is 4.74 Å². The van der Waals surface area contributed by atoms with Gasteiger partial charge in [0, 0.05) is 5.56 Å². The number of carbonyl (C=O) groups is 2. The number of benzene rings is 2. The minimum absolute atomic E-state index is 0.375. The Bertz CT molecular complexity index is 639. The highest BCUT2D eigenvalue weighted by molar-refractivity contribution is 5.95. The number of hydrogen-bond donors (Lipinski definition) is 2. The molecule has 0 radical (unpaired) electrons. The first-order valence-corrected chi connectivity index (χ1v) is 6.95. The Hall–Kier alpha value is -2.82. The van der Waals surface area contributed by atoms with Crippen molar-refractivity contribution in [2.75, 3.05) is 0 Å². The summed E-state index contributed by atoms with van der Waals surface area (Å²) in [5.74, 6) is -0.209. The van der Waals surface area contributed by atoms with Crippen LogP contribution in [0.15, 0.2) is 54.6 Å². The van der Waals surface area contributed by atoms with Crippen LogP contribution in [0, 0.1) is 6.92 Å². The first-order valence-electron chi connectivity index (χ1n) is 6.95. The van der Waals surface area contributed by atoms with E-state index >= 15 is 0 Å². The molecule has 2 aromatic rings. The molecule has 114 valence electrons. The number of nitrogens with one attached hydrogen (secondary N) is 2. The van der Waals surface area contributed by atoms with Gasteiger partial charge in [0.2, 0.25) is 0 Å². The molecule has 2 amide bonds. The van der Waals surface area contributed by atoms with Crippen molar-refractivity contribution in [1.82, 2.24) is 10.9 Å². The number of hydrazine groups is 1. The van der Waals surface area contributed by atoms with Gasteiger partial charge in [-0.05, 0) is 38.1 Å². The molecule has 0 fully saturated rings. The molecule has 0 aliphatic carbocycles. The number of ether oxygens (including phenoxy) is 1. The second-order valence-corrected chi connectivity index (χ2v) is 4.88. The van der Waals surface area contributed by atoms with E-state index in [2.05, 4.69) is 10.9 Å². The smallest absolute Gasteiger partial charge is 0.279 e. The molecule has 0 saturated heterocycles. The monoisotopic (exact) mass is 298 g/mol. The van der Waals surface area contributed by atoms with E-state index in [1.54, 1.807) is 31.2 Å². The van der Waals surface area contributed by atoms with Gasteiger partial charge in [-0.1, -0.05) is 35.9 Å². The highest BCUT2D eigenvalue weighted by Crippen LogP contribution is 2.10. The zero-order chi connectivity index (χ0) is 15.9. The lowest BCUT2D eigenvalue weighted by molar-refractivity contribution is -0.128. The van der Waals surface area contributed by atoms with Crippen LogP contribution in [0.25, 0.3) is 0 Å². The van der Waals surface area contributed by atoms with Gasteiger partial charge in [0.15, 0.2) is 6.10 Å². The number of rotatable bonds is 4. The predicted octanol–water partition coefficient (Wildman–Crippen LogP) is 2.22. The number of amides is 2. The van der Waals surface area contributed by atoms with Crippen molar-refractivity contribution in [2.24, 2.45) is 0 Å². The molecule has 22 heavy (non-hydrogen) atoms. The molecule has 5 heteroatoms. The molecule has 0 aromatic heterocycles. The quantitative estimate of drug-likeness (QED) is 0.851. The van der Waals surface area contributed by atoms with Crippen molar-refractivity contribution >= 4 is 11.8 Å². The summed E-state index contributed by atoms with van der Waals surface area (Å²) in [6.07, 6.45) is -0.722. The molecule has 2 aromatic carbocycles. The van der Waals surface area contributed by atoms with E-state index in [-0.39, 0.29) is 5.91 Å². The Morgan fingerprint density at radius 1 is 0.955 bits per heavy atom. The summed E-state index contributed by atoms with van der Waals surface area (Å²) in [4.78, 5) is 23.8. The lowest BCUT2D eigenvalue weighted by Crippen LogP contribution is -2.47. The van der Waals surface area contributed by atoms with Crippen LogP contribution in [0.5, 0.6) is 5.75 Å². The van der Waals surface area contributed by atoms with Gasteiger partial charge in [0.25, 0.3) is 11.8 Å². The second-order valence-electron chi connectivity index (χ2n) is 4.88. The van der Waals surface area contributed by atoms with Crippen molar-refractivity contribution in [2.45, 2.75) is 20.0 Å². The molecule has 0 aliphatic heterocycles. The first-order chi connectivity index (χ1) is 10.6. The average Bonchev–Trinajstić information content (AvgIpc) is 2.53. The van der Waals surface area contributed by atoms with Crippen molar-refractivity contribution in [1.29, 1.82) is 0 Å². The highest BCUT2D eigenvalue weighted by Gasteiger charge is 2.15. The standard InChI is InChI=1S/C17H18N2O3/c1-12-8-10-14(11-9-12)17(21)19-18-16(20)13(2)22-15-6-4-3-5-7-15/h3-11,13H,1-2H3,(H,18,20)(H,19,21)/t13-/m1/s1. The molecule has 0 unspecified atom stereocenters. The average molecular weight is 298 g/mol. The van der Waals surface area contributed by atoms with Crippen molar-refractivity contribution < 1.29 is 14.3 Å². The summed E-state index contributed by atoms with van der Waals surface area (Å²) in [6, 6.07) is 16.1. The molecule has 2 N–H and O–H groups in total. The second kappa shape index (κ2) is 7.26. The largest absolute Gasteiger partial charge is 0.481 e. The van der Waals surface area contributed by atoms with Crippen molar-refractivity contribution in [3.63, 3.8) is 0 Å². The lowest BCUT2D eigenvalue weighted by Gasteiger charge is -2.15. The lowest BCUT2D eigenvalue weighted by atomic mass is 10.1. The van der Waals surface area contributed by atoms with E-state index in [0.717, 1.165) is 5.56 Å². The molecule has 2 rings (SSSR count). The Labute approximate surface area is 129 Å². The van der Waals surface area contributed by atoms with E-state index in [0.29, 0.717) is 11.3 Å². The number of aryl methyl sites for hydroxylation is 1. The van der Waals surface area contributed by atoms with Gasteiger partial charge in [-0.15, -0.1) is 0 Å². The van der Waals surface area contributed by atoms with E-state index in [1.807, 2.05) is 37.3 Å². The molecule has 5 nitrogen and oxygen atoms in total. The zero-order valence-electron chi connectivity index (χ0n) is 12.5. The summed E-state index contributed by atoms with van der Waals surface area (Å²) in [5.41, 5.74) is 6.25. The molecule has 1 atom stereocenters. The van der Waals surface area contributed by atoms with Gasteiger partial charge in [-0.3, -0.25) is 20.4 Å². The van der Waals surface area contributed by atoms with Crippen molar-refractivity contribution in [3.8, 4) is 5.75 Å². The van der Waals surface area contributed by atoms with Crippen LogP contribution in [0.4, 0.5) is 0 Å². The van der Waals surface area contributed by atoms with Crippen LogP contribution in [-0.2, 0) is 4.79 Å². The maximum absolute atomic E-state index is 11.9. The summed E-state index contributed by atoms with van der Waals surface area (Å²) in [7, 11) is 0. The maximum atomic E-state index is 11.9. The predicted molar refractivity (Wildman–Crippen MR) is 83.3 cm³/mol. The Morgan fingerprint density at radius 2 is 1.59 bits per heavy atom. The van der Waals surface area contributed by atoms with Gasteiger partial charge in [0.1, 0.15) is 5.75 Å². The van der Waals surface area contributed by atoms with E-state index in [9.17, 15) is 9.59 Å². The molecular weight excluding hydrogens is 280 g/mol. The number of hydrogen-bond acceptors (Lipinski definition) is 3. The maximum Gasteiger partial charge on any atom is 0.279 e. The summed E-state index contributed by atoms with van der Waals surface area (Å²) in [6.45, 7) is 3.55. The fourth-order valence-electron chi connectivity index (χ4n) is 1.75. The topological polar surface area (TPSA) is 67.4 Å². The van der Waals surface area contributed by atoms with E-state index < -0.39 is 12.0 Å². The van der Waals surface area contributed by atoms with Gasteiger partial charge in [0.05, 0.1) is 0 Å². The number of carbonyl (C=O) groups excluding carboxylic acids is 2. The normalized spacial score (nSPS) is 11.4. The minimum atomic E-state index is -0.722. The van der Waals surface area contributed by atoms with Gasteiger partial charge < -0.3 is 4.74 Å². The fourth-order valence-corrected chi connectivity index (χ4v) is 1.75. The van der Waals surface area contributed by atoms with Crippen LogP contribution in [0.3, 0.4) is 0 Å². The summed E-state index contributed by atoms with van der Waals surface area (Å²) < 4.78 is 5.47. The van der Waals surface area contributed by atoms with Gasteiger partial charge in [-0.2, -0.15) is 0 Å². The first kappa shape index (κ1) is 15.6. The molecule has 0 heterocycles. The third-order valence-electron chi connectivity index (χ3n) is 3.04. The molecule has 0 bridgehead atoms.